The van der Waals surface area contributed by atoms with Gasteiger partial charge < -0.3 is 4.42 Å². The summed E-state index contributed by atoms with van der Waals surface area (Å²) in [6.07, 6.45) is 3.75. The number of amides is 1. The fourth-order valence-electron chi connectivity index (χ4n) is 1.63. The molecule has 3 aromatic rings. The number of nitrogens with one attached hydrogen (secondary N) is 1. The van der Waals surface area contributed by atoms with Crippen molar-refractivity contribution < 1.29 is 9.21 Å². The molecule has 0 saturated carbocycles. The van der Waals surface area contributed by atoms with Crippen LogP contribution in [0.25, 0.3) is 6.08 Å². The average molecular weight is 317 g/mol. The molecule has 0 bridgehead atoms. The van der Waals surface area contributed by atoms with Gasteiger partial charge in [-0.3, -0.25) is 10.1 Å². The smallest absolute Gasteiger partial charge is 0.322 e. The molecule has 5 nitrogen and oxygen atoms in total. The second kappa shape index (κ2) is 6.47. The van der Waals surface area contributed by atoms with Crippen LogP contribution >= 0.6 is 22.7 Å². The number of nitrogens with zero attached hydrogens (tertiary/aromatic N) is 2. The lowest BCUT2D eigenvalue weighted by Crippen LogP contribution is -2.07. The molecule has 21 heavy (non-hydrogen) atoms. The van der Waals surface area contributed by atoms with E-state index >= 15 is 0 Å². The fourth-order valence-corrected chi connectivity index (χ4v) is 2.94. The van der Waals surface area contributed by atoms with E-state index in [1.165, 1.54) is 6.08 Å². The van der Waals surface area contributed by atoms with E-state index in [-0.39, 0.29) is 11.9 Å². The highest BCUT2D eigenvalue weighted by molar-refractivity contribution is 7.10. The van der Waals surface area contributed by atoms with Crippen molar-refractivity contribution in [3.05, 3.63) is 56.7 Å². The number of anilines is 1. The van der Waals surface area contributed by atoms with Gasteiger partial charge in [0.1, 0.15) is 0 Å². The van der Waals surface area contributed by atoms with E-state index in [0.29, 0.717) is 12.3 Å². The van der Waals surface area contributed by atoms with Gasteiger partial charge in [0.25, 0.3) is 5.91 Å². The van der Waals surface area contributed by atoms with E-state index in [1.54, 1.807) is 28.7 Å². The zero-order valence-corrected chi connectivity index (χ0v) is 12.5. The lowest BCUT2D eigenvalue weighted by Gasteiger charge is -1.93. The van der Waals surface area contributed by atoms with Crippen molar-refractivity contribution in [3.8, 4) is 0 Å². The van der Waals surface area contributed by atoms with Crippen molar-refractivity contribution >= 4 is 40.7 Å². The van der Waals surface area contributed by atoms with Gasteiger partial charge >= 0.3 is 6.01 Å². The Balaban J connectivity index is 1.58. The number of hydrogen-bond acceptors (Lipinski definition) is 6. The Kier molecular flexibility index (Phi) is 4.23. The Morgan fingerprint density at radius 1 is 1.24 bits per heavy atom. The minimum Gasteiger partial charge on any atom is -0.407 e. The molecule has 0 aliphatic rings. The standard InChI is InChI=1S/C14H11N3O2S2/c18-12(6-5-10-3-1-7-20-10)15-14-17-16-13(19-14)9-11-4-2-8-21-11/h1-8H,9H2,(H,15,17,18)/b6-5+. The molecule has 0 aliphatic carbocycles. The summed E-state index contributed by atoms with van der Waals surface area (Å²) in [5.74, 6) is 0.185. The molecule has 0 spiro atoms. The van der Waals surface area contributed by atoms with E-state index in [4.69, 9.17) is 4.42 Å². The minimum atomic E-state index is -0.297. The van der Waals surface area contributed by atoms with Crippen molar-refractivity contribution in [2.24, 2.45) is 0 Å². The molecule has 3 aromatic heterocycles. The number of carbonyl (C=O) groups is 1. The fraction of sp³-hybridized carbons (Fsp3) is 0.0714. The van der Waals surface area contributed by atoms with E-state index < -0.39 is 0 Å². The van der Waals surface area contributed by atoms with Gasteiger partial charge in [0.05, 0.1) is 6.42 Å². The van der Waals surface area contributed by atoms with Crippen LogP contribution in [0.4, 0.5) is 6.01 Å². The minimum absolute atomic E-state index is 0.113. The zero-order valence-electron chi connectivity index (χ0n) is 10.9. The molecular formula is C14H11N3O2S2. The number of hydrogen-bond donors (Lipinski definition) is 1. The maximum Gasteiger partial charge on any atom is 0.322 e. The number of rotatable bonds is 5. The van der Waals surface area contributed by atoms with Crippen LogP contribution in [0.2, 0.25) is 0 Å². The second-order valence-electron chi connectivity index (χ2n) is 4.10. The number of carbonyl (C=O) groups excluding carboxylic acids is 1. The van der Waals surface area contributed by atoms with E-state index in [9.17, 15) is 4.79 Å². The van der Waals surface area contributed by atoms with E-state index in [1.807, 2.05) is 35.0 Å². The Labute approximate surface area is 129 Å². The number of thiophene rings is 2. The van der Waals surface area contributed by atoms with Crippen molar-refractivity contribution in [1.29, 1.82) is 0 Å². The molecule has 7 heteroatoms. The van der Waals surface area contributed by atoms with Crippen LogP contribution in [-0.2, 0) is 11.2 Å². The first-order valence-electron chi connectivity index (χ1n) is 6.17. The largest absolute Gasteiger partial charge is 0.407 e. The molecule has 0 saturated heterocycles. The summed E-state index contributed by atoms with van der Waals surface area (Å²) >= 11 is 3.18. The first-order chi connectivity index (χ1) is 10.3. The van der Waals surface area contributed by atoms with Crippen molar-refractivity contribution in [2.45, 2.75) is 6.42 Å². The molecule has 1 N–H and O–H groups in total. The molecule has 0 aromatic carbocycles. The van der Waals surface area contributed by atoms with Gasteiger partial charge in [-0.1, -0.05) is 17.2 Å². The topological polar surface area (TPSA) is 68.0 Å². The normalized spacial score (nSPS) is 11.0. The van der Waals surface area contributed by atoms with E-state index in [2.05, 4.69) is 15.5 Å². The molecule has 106 valence electrons. The van der Waals surface area contributed by atoms with Crippen molar-refractivity contribution in [2.75, 3.05) is 5.32 Å². The van der Waals surface area contributed by atoms with Gasteiger partial charge in [-0.25, -0.2) is 0 Å². The lowest BCUT2D eigenvalue weighted by molar-refractivity contribution is -0.112. The third-order valence-corrected chi connectivity index (χ3v) is 4.26. The van der Waals surface area contributed by atoms with Crippen LogP contribution in [0.3, 0.4) is 0 Å². The predicted octanol–water partition coefficient (Wildman–Crippen LogP) is 3.44. The van der Waals surface area contributed by atoms with Gasteiger partial charge in [-0.05, 0) is 29.0 Å². The third-order valence-electron chi connectivity index (χ3n) is 2.54. The molecule has 0 aliphatic heterocycles. The molecule has 1 amide bonds. The quantitative estimate of drug-likeness (QED) is 0.732. The van der Waals surface area contributed by atoms with Gasteiger partial charge in [0, 0.05) is 15.8 Å². The van der Waals surface area contributed by atoms with Crippen LogP contribution in [-0.4, -0.2) is 16.1 Å². The predicted molar refractivity (Wildman–Crippen MR) is 83.4 cm³/mol. The van der Waals surface area contributed by atoms with Gasteiger partial charge in [0.15, 0.2) is 0 Å². The SMILES string of the molecule is O=C(/C=C/c1cccs1)Nc1nnc(Cc2cccs2)o1. The summed E-state index contributed by atoms with van der Waals surface area (Å²) in [5.41, 5.74) is 0. The highest BCUT2D eigenvalue weighted by Crippen LogP contribution is 2.15. The summed E-state index contributed by atoms with van der Waals surface area (Å²) in [6.45, 7) is 0. The van der Waals surface area contributed by atoms with Crippen LogP contribution in [0, 0.1) is 0 Å². The molecule has 0 atom stereocenters. The molecular weight excluding hydrogens is 306 g/mol. The summed E-state index contributed by atoms with van der Waals surface area (Å²) in [7, 11) is 0. The summed E-state index contributed by atoms with van der Waals surface area (Å²) in [6, 6.07) is 7.94. The lowest BCUT2D eigenvalue weighted by atomic mass is 10.3. The highest BCUT2D eigenvalue weighted by Gasteiger charge is 2.09. The molecule has 0 unspecified atom stereocenters. The van der Waals surface area contributed by atoms with Crippen LogP contribution in [0.5, 0.6) is 0 Å². The first kappa shape index (κ1) is 13.7. The summed E-state index contributed by atoms with van der Waals surface area (Å²) in [4.78, 5) is 13.9. The Morgan fingerprint density at radius 2 is 2.10 bits per heavy atom. The average Bonchev–Trinajstić information content (AvgIpc) is 3.19. The second-order valence-corrected chi connectivity index (χ2v) is 6.11. The highest BCUT2D eigenvalue weighted by atomic mass is 32.1. The molecule has 3 rings (SSSR count). The van der Waals surface area contributed by atoms with Crippen LogP contribution < -0.4 is 5.32 Å². The van der Waals surface area contributed by atoms with Gasteiger partial charge in [-0.15, -0.1) is 27.8 Å². The van der Waals surface area contributed by atoms with Crippen LogP contribution in [0.15, 0.2) is 45.5 Å². The van der Waals surface area contributed by atoms with Crippen molar-refractivity contribution in [3.63, 3.8) is 0 Å². The Morgan fingerprint density at radius 3 is 2.86 bits per heavy atom. The Bertz CT molecular complexity index is 730. The number of aromatic nitrogens is 2. The first-order valence-corrected chi connectivity index (χ1v) is 7.93. The van der Waals surface area contributed by atoms with Gasteiger partial charge in [0.2, 0.25) is 5.89 Å². The monoisotopic (exact) mass is 317 g/mol. The summed E-state index contributed by atoms with van der Waals surface area (Å²) < 4.78 is 5.39. The summed E-state index contributed by atoms with van der Waals surface area (Å²) in [5, 5.41) is 14.2. The van der Waals surface area contributed by atoms with E-state index in [0.717, 1.165) is 9.75 Å². The Hall–Kier alpha value is -2.25. The zero-order chi connectivity index (χ0) is 14.5. The van der Waals surface area contributed by atoms with Gasteiger partial charge in [-0.2, -0.15) is 0 Å². The molecule has 0 fully saturated rings. The molecule has 3 heterocycles. The van der Waals surface area contributed by atoms with Crippen molar-refractivity contribution in [1.82, 2.24) is 10.2 Å². The maximum absolute atomic E-state index is 11.7. The molecule has 0 radical (unpaired) electrons. The third kappa shape index (κ3) is 3.87. The van der Waals surface area contributed by atoms with Crippen LogP contribution in [0.1, 0.15) is 15.6 Å². The maximum atomic E-state index is 11.7.